The number of fused-ring (bicyclic) bond motifs is 1. The van der Waals surface area contributed by atoms with Crippen LogP contribution in [0.4, 0.5) is 8.78 Å². The van der Waals surface area contributed by atoms with Crippen molar-refractivity contribution in [3.63, 3.8) is 0 Å². The number of halogens is 2. The van der Waals surface area contributed by atoms with E-state index in [9.17, 15) is 13.6 Å². The van der Waals surface area contributed by atoms with Gasteiger partial charge in [-0.1, -0.05) is 0 Å². The number of hydrogen-bond acceptors (Lipinski definition) is 4. The van der Waals surface area contributed by atoms with Crippen LogP contribution < -0.4 is 0 Å². The lowest BCUT2D eigenvalue weighted by atomic mass is 10.1. The van der Waals surface area contributed by atoms with Crippen LogP contribution in [0, 0.1) is 13.8 Å². The molecule has 0 spiro atoms. The molecule has 3 aromatic heterocycles. The summed E-state index contributed by atoms with van der Waals surface area (Å²) in [6.07, 6.45) is -1.18. The van der Waals surface area contributed by atoms with Gasteiger partial charge in [0.25, 0.3) is 6.43 Å². The summed E-state index contributed by atoms with van der Waals surface area (Å²) in [7, 11) is 1.74. The van der Waals surface area contributed by atoms with Crippen LogP contribution in [0.5, 0.6) is 0 Å². The smallest absolute Gasteiger partial charge is 0.325 e. The Bertz CT molecular complexity index is 945. The number of carboxylic acid groups (broad SMARTS) is 1. The van der Waals surface area contributed by atoms with Gasteiger partial charge in [0.1, 0.15) is 6.54 Å². The highest BCUT2D eigenvalue weighted by Gasteiger charge is 2.22. The predicted octanol–water partition coefficient (Wildman–Crippen LogP) is 2.47. The van der Waals surface area contributed by atoms with Crippen LogP contribution in [0.2, 0.25) is 0 Å². The van der Waals surface area contributed by atoms with Gasteiger partial charge >= 0.3 is 5.97 Å². The third kappa shape index (κ3) is 2.51. The van der Waals surface area contributed by atoms with Crippen molar-refractivity contribution in [2.75, 3.05) is 0 Å². The summed E-state index contributed by atoms with van der Waals surface area (Å²) in [6.45, 7) is 2.91. The highest BCUT2D eigenvalue weighted by molar-refractivity contribution is 5.86. The van der Waals surface area contributed by atoms with Crippen LogP contribution in [0.1, 0.15) is 23.4 Å². The first-order valence-electron chi connectivity index (χ1n) is 7.16. The fourth-order valence-corrected chi connectivity index (χ4v) is 2.69. The Morgan fingerprint density at radius 2 is 2.08 bits per heavy atom. The number of alkyl halides is 2. The molecule has 3 heterocycles. The van der Waals surface area contributed by atoms with Gasteiger partial charge in [0.15, 0.2) is 5.65 Å². The molecule has 0 aromatic carbocycles. The third-order valence-electron chi connectivity index (χ3n) is 3.94. The van der Waals surface area contributed by atoms with Gasteiger partial charge in [-0.25, -0.2) is 18.4 Å². The van der Waals surface area contributed by atoms with E-state index in [0.717, 1.165) is 10.4 Å². The number of pyridine rings is 1. The van der Waals surface area contributed by atoms with E-state index in [1.165, 1.54) is 6.07 Å². The molecule has 0 aliphatic rings. The second-order valence-electron chi connectivity index (χ2n) is 5.50. The van der Waals surface area contributed by atoms with Gasteiger partial charge in [-0.3, -0.25) is 9.48 Å². The summed E-state index contributed by atoms with van der Waals surface area (Å²) in [5, 5.41) is 17.3. The molecule has 0 fully saturated rings. The molecule has 24 heavy (non-hydrogen) atoms. The first kappa shape index (κ1) is 16.0. The van der Waals surface area contributed by atoms with E-state index in [-0.39, 0.29) is 16.6 Å². The first-order valence-corrected chi connectivity index (χ1v) is 7.16. The van der Waals surface area contributed by atoms with Gasteiger partial charge < -0.3 is 5.11 Å². The monoisotopic (exact) mass is 335 g/mol. The van der Waals surface area contributed by atoms with Gasteiger partial charge in [-0.15, -0.1) is 0 Å². The van der Waals surface area contributed by atoms with Crippen LogP contribution in [0.25, 0.3) is 22.3 Å². The highest BCUT2D eigenvalue weighted by atomic mass is 19.3. The van der Waals surface area contributed by atoms with Crippen LogP contribution in [0.3, 0.4) is 0 Å². The maximum Gasteiger partial charge on any atom is 0.325 e. The van der Waals surface area contributed by atoms with E-state index in [2.05, 4.69) is 15.2 Å². The molecular formula is C15H15F2N5O2. The number of carboxylic acids is 1. The number of aryl methyl sites for hydroxylation is 2. The van der Waals surface area contributed by atoms with Crippen LogP contribution >= 0.6 is 0 Å². The second kappa shape index (κ2) is 5.66. The topological polar surface area (TPSA) is 85.8 Å². The van der Waals surface area contributed by atoms with Gasteiger partial charge in [0.2, 0.25) is 0 Å². The number of aromatic nitrogens is 5. The first-order chi connectivity index (χ1) is 11.3. The summed E-state index contributed by atoms with van der Waals surface area (Å²) in [6, 6.07) is 1.32. The second-order valence-corrected chi connectivity index (χ2v) is 5.50. The Hall–Kier alpha value is -2.84. The van der Waals surface area contributed by atoms with E-state index in [4.69, 9.17) is 5.11 Å². The fourth-order valence-electron chi connectivity index (χ4n) is 2.69. The van der Waals surface area contributed by atoms with Gasteiger partial charge in [-0.05, 0) is 19.9 Å². The zero-order chi connectivity index (χ0) is 17.6. The van der Waals surface area contributed by atoms with E-state index < -0.39 is 18.9 Å². The van der Waals surface area contributed by atoms with E-state index in [1.54, 1.807) is 31.8 Å². The van der Waals surface area contributed by atoms with Crippen LogP contribution in [-0.4, -0.2) is 35.6 Å². The largest absolute Gasteiger partial charge is 0.480 e. The maximum absolute atomic E-state index is 13.5. The van der Waals surface area contributed by atoms with Gasteiger partial charge in [0.05, 0.1) is 23.0 Å². The van der Waals surface area contributed by atoms with Crippen molar-refractivity contribution in [1.82, 2.24) is 24.5 Å². The van der Waals surface area contributed by atoms with Crippen molar-refractivity contribution in [3.05, 3.63) is 29.2 Å². The summed E-state index contributed by atoms with van der Waals surface area (Å²) in [5.41, 5.74) is 1.93. The van der Waals surface area contributed by atoms with Crippen molar-refractivity contribution in [3.8, 4) is 11.3 Å². The standard InChI is InChI=1S/C15H15F2N5O2/c1-7-13-9(14(16)17)4-11(10-5-18-21(3)8(10)2)19-15(13)22(20-7)6-12(23)24/h4-5,14H,6H2,1-3H3,(H,23,24). The molecule has 0 amide bonds. The van der Waals surface area contributed by atoms with Crippen molar-refractivity contribution in [2.24, 2.45) is 7.05 Å². The SMILES string of the molecule is Cc1nn(CC(=O)O)c2nc(-c3cnn(C)c3C)cc(C(F)F)c12. The summed E-state index contributed by atoms with van der Waals surface area (Å²) in [4.78, 5) is 15.4. The Morgan fingerprint density at radius 1 is 1.38 bits per heavy atom. The Morgan fingerprint density at radius 3 is 2.62 bits per heavy atom. The number of nitrogens with zero attached hydrogens (tertiary/aromatic N) is 5. The van der Waals surface area contributed by atoms with E-state index in [0.29, 0.717) is 17.0 Å². The lowest BCUT2D eigenvalue weighted by Crippen LogP contribution is -2.11. The molecule has 126 valence electrons. The fraction of sp³-hybridized carbons (Fsp3) is 0.333. The van der Waals surface area contributed by atoms with Crippen molar-refractivity contribution in [1.29, 1.82) is 0 Å². The molecule has 9 heteroatoms. The molecule has 7 nitrogen and oxygen atoms in total. The minimum absolute atomic E-state index is 0.131. The van der Waals surface area contributed by atoms with Gasteiger partial charge in [-0.2, -0.15) is 10.2 Å². The van der Waals surface area contributed by atoms with Crippen molar-refractivity contribution in [2.45, 2.75) is 26.8 Å². The molecule has 0 bridgehead atoms. The molecule has 3 aromatic rings. The van der Waals surface area contributed by atoms with Gasteiger partial charge in [0, 0.05) is 23.9 Å². The minimum atomic E-state index is -2.73. The number of aliphatic carboxylic acids is 1. The minimum Gasteiger partial charge on any atom is -0.480 e. The van der Waals surface area contributed by atoms with Crippen LogP contribution in [-0.2, 0) is 18.4 Å². The molecular weight excluding hydrogens is 320 g/mol. The Kier molecular flexibility index (Phi) is 3.78. The zero-order valence-electron chi connectivity index (χ0n) is 13.3. The molecule has 3 rings (SSSR count). The Labute approximate surface area is 135 Å². The molecule has 0 unspecified atom stereocenters. The zero-order valence-corrected chi connectivity index (χ0v) is 13.3. The van der Waals surface area contributed by atoms with Crippen molar-refractivity contribution < 1.29 is 18.7 Å². The molecule has 0 saturated heterocycles. The summed E-state index contributed by atoms with van der Waals surface area (Å²) < 4.78 is 29.8. The molecule has 0 saturated carbocycles. The summed E-state index contributed by atoms with van der Waals surface area (Å²) in [5.74, 6) is -1.12. The molecule has 0 atom stereocenters. The lowest BCUT2D eigenvalue weighted by Gasteiger charge is -2.08. The van der Waals surface area contributed by atoms with Crippen molar-refractivity contribution >= 4 is 17.0 Å². The average molecular weight is 335 g/mol. The maximum atomic E-state index is 13.5. The third-order valence-corrected chi connectivity index (χ3v) is 3.94. The highest BCUT2D eigenvalue weighted by Crippen LogP contribution is 2.33. The number of hydrogen-bond donors (Lipinski definition) is 1. The molecule has 0 radical (unpaired) electrons. The Balaban J connectivity index is 2.33. The number of rotatable bonds is 4. The molecule has 0 aliphatic carbocycles. The normalized spacial score (nSPS) is 11.6. The number of carbonyl (C=O) groups is 1. The predicted molar refractivity (Wildman–Crippen MR) is 81.8 cm³/mol. The quantitative estimate of drug-likeness (QED) is 0.791. The average Bonchev–Trinajstić information content (AvgIpc) is 2.99. The molecule has 0 aliphatic heterocycles. The summed E-state index contributed by atoms with van der Waals surface area (Å²) >= 11 is 0. The lowest BCUT2D eigenvalue weighted by molar-refractivity contribution is -0.137. The van der Waals surface area contributed by atoms with E-state index >= 15 is 0 Å². The van der Waals surface area contributed by atoms with Crippen LogP contribution in [0.15, 0.2) is 12.3 Å². The molecule has 1 N–H and O–H groups in total. The van der Waals surface area contributed by atoms with E-state index in [1.807, 2.05) is 0 Å².